The molecule has 1 unspecified atom stereocenters. The first-order valence-corrected chi connectivity index (χ1v) is 4.81. The molecule has 0 aromatic rings. The molecule has 0 aromatic heterocycles. The third-order valence-corrected chi connectivity index (χ3v) is 2.29. The molecule has 1 fully saturated rings. The van der Waals surface area contributed by atoms with Crippen LogP contribution in [0.5, 0.6) is 0 Å². The summed E-state index contributed by atoms with van der Waals surface area (Å²) in [6.07, 6.45) is 1.36. The Morgan fingerprint density at radius 3 is 1.91 bits per heavy atom. The summed E-state index contributed by atoms with van der Waals surface area (Å²) < 4.78 is 0. The minimum Gasteiger partial charge on any atom is -0.316 e. The predicted molar refractivity (Wildman–Crippen MR) is 51.8 cm³/mol. The summed E-state index contributed by atoms with van der Waals surface area (Å²) in [5.41, 5.74) is 0.517. The molecule has 1 N–H and O–H groups in total. The van der Waals surface area contributed by atoms with Crippen LogP contribution in [0.3, 0.4) is 0 Å². The summed E-state index contributed by atoms with van der Waals surface area (Å²) in [5.74, 6) is 0.900. The van der Waals surface area contributed by atoms with Crippen molar-refractivity contribution in [3.05, 3.63) is 0 Å². The molecule has 0 bridgehead atoms. The summed E-state index contributed by atoms with van der Waals surface area (Å²) in [6.45, 7) is 13.4. The van der Waals surface area contributed by atoms with Gasteiger partial charge in [-0.25, -0.2) is 0 Å². The highest BCUT2D eigenvalue weighted by atomic mass is 14.9. The van der Waals surface area contributed by atoms with E-state index in [0.29, 0.717) is 5.41 Å². The van der Waals surface area contributed by atoms with Crippen LogP contribution in [-0.2, 0) is 0 Å². The van der Waals surface area contributed by atoms with Gasteiger partial charge >= 0.3 is 0 Å². The Labute approximate surface area is 71.6 Å². The van der Waals surface area contributed by atoms with Gasteiger partial charge in [-0.1, -0.05) is 34.6 Å². The van der Waals surface area contributed by atoms with Gasteiger partial charge in [-0.15, -0.1) is 0 Å². The maximum absolute atomic E-state index is 3.38. The fourth-order valence-corrected chi connectivity index (χ4v) is 1.39. The van der Waals surface area contributed by atoms with E-state index in [1.165, 1.54) is 19.5 Å². The first kappa shape index (κ1) is 11.0. The van der Waals surface area contributed by atoms with E-state index in [1.54, 1.807) is 0 Å². The minimum absolute atomic E-state index is 0.517. The lowest BCUT2D eigenvalue weighted by molar-refractivity contribution is 0.261. The van der Waals surface area contributed by atoms with Crippen molar-refractivity contribution < 1.29 is 0 Å². The van der Waals surface area contributed by atoms with Crippen molar-refractivity contribution in [2.75, 3.05) is 13.1 Å². The van der Waals surface area contributed by atoms with Crippen LogP contribution in [0.4, 0.5) is 0 Å². The standard InChI is InChI=1S/C8H17N.C2H6/c1-8(2,3)7-4-5-9-6-7;1-2/h7,9H,4-6H2,1-3H3;1-2H3. The van der Waals surface area contributed by atoms with E-state index in [2.05, 4.69) is 26.1 Å². The molecule has 1 heteroatoms. The summed E-state index contributed by atoms with van der Waals surface area (Å²) in [4.78, 5) is 0. The van der Waals surface area contributed by atoms with Crippen LogP contribution in [0.2, 0.25) is 0 Å². The van der Waals surface area contributed by atoms with Gasteiger partial charge in [0, 0.05) is 0 Å². The molecule has 0 saturated carbocycles. The quantitative estimate of drug-likeness (QED) is 0.570. The van der Waals surface area contributed by atoms with Gasteiger partial charge < -0.3 is 5.32 Å². The van der Waals surface area contributed by atoms with Crippen LogP contribution in [0.25, 0.3) is 0 Å². The third kappa shape index (κ3) is 3.76. The average molecular weight is 157 g/mol. The van der Waals surface area contributed by atoms with Crippen molar-refractivity contribution in [1.82, 2.24) is 5.32 Å². The minimum atomic E-state index is 0.517. The molecule has 0 aromatic carbocycles. The number of rotatable bonds is 0. The highest BCUT2D eigenvalue weighted by Crippen LogP contribution is 2.29. The smallest absolute Gasteiger partial charge is 0.00150 e. The molecule has 1 aliphatic heterocycles. The fourth-order valence-electron chi connectivity index (χ4n) is 1.39. The Hall–Kier alpha value is -0.0400. The van der Waals surface area contributed by atoms with Crippen molar-refractivity contribution >= 4 is 0 Å². The Morgan fingerprint density at radius 1 is 1.18 bits per heavy atom. The van der Waals surface area contributed by atoms with Crippen molar-refractivity contribution in [1.29, 1.82) is 0 Å². The number of hydrogen-bond donors (Lipinski definition) is 1. The molecule has 68 valence electrons. The molecule has 1 rings (SSSR count). The molecule has 1 nitrogen and oxygen atoms in total. The molecular weight excluding hydrogens is 134 g/mol. The number of hydrogen-bond acceptors (Lipinski definition) is 1. The lowest BCUT2D eigenvalue weighted by Crippen LogP contribution is -2.22. The van der Waals surface area contributed by atoms with Gasteiger partial charge in [0.05, 0.1) is 0 Å². The molecular formula is C10H23N. The van der Waals surface area contributed by atoms with E-state index >= 15 is 0 Å². The average Bonchev–Trinajstić information content (AvgIpc) is 2.40. The zero-order valence-electron chi connectivity index (χ0n) is 8.70. The molecule has 1 saturated heterocycles. The highest BCUT2D eigenvalue weighted by molar-refractivity contribution is 4.80. The van der Waals surface area contributed by atoms with Crippen LogP contribution < -0.4 is 5.32 Å². The zero-order chi connectivity index (χ0) is 8.91. The maximum atomic E-state index is 3.38. The zero-order valence-corrected chi connectivity index (χ0v) is 8.70. The van der Waals surface area contributed by atoms with Gasteiger partial charge in [0.15, 0.2) is 0 Å². The van der Waals surface area contributed by atoms with Crippen molar-refractivity contribution in [3.63, 3.8) is 0 Å². The highest BCUT2D eigenvalue weighted by Gasteiger charge is 2.26. The Balaban J connectivity index is 0.000000461. The van der Waals surface area contributed by atoms with Crippen molar-refractivity contribution in [2.24, 2.45) is 11.3 Å². The van der Waals surface area contributed by atoms with Crippen LogP contribution in [0, 0.1) is 11.3 Å². The molecule has 1 atom stereocenters. The van der Waals surface area contributed by atoms with Crippen molar-refractivity contribution in [2.45, 2.75) is 41.0 Å². The van der Waals surface area contributed by atoms with Gasteiger partial charge in [-0.05, 0) is 30.8 Å². The van der Waals surface area contributed by atoms with Gasteiger partial charge in [0.1, 0.15) is 0 Å². The first-order valence-electron chi connectivity index (χ1n) is 4.81. The first-order chi connectivity index (χ1) is 5.11. The maximum Gasteiger partial charge on any atom is -0.00150 e. The monoisotopic (exact) mass is 157 g/mol. The van der Waals surface area contributed by atoms with Crippen molar-refractivity contribution in [3.8, 4) is 0 Å². The molecule has 0 radical (unpaired) electrons. The number of nitrogens with one attached hydrogen (secondary N) is 1. The normalized spacial score (nSPS) is 24.3. The van der Waals surface area contributed by atoms with Gasteiger partial charge in [0.2, 0.25) is 0 Å². The second-order valence-electron chi connectivity index (χ2n) is 4.06. The molecule has 0 spiro atoms. The summed E-state index contributed by atoms with van der Waals surface area (Å²) in [5, 5.41) is 3.38. The van der Waals surface area contributed by atoms with E-state index in [1.807, 2.05) is 13.8 Å². The largest absolute Gasteiger partial charge is 0.316 e. The summed E-state index contributed by atoms with van der Waals surface area (Å²) in [7, 11) is 0. The van der Waals surface area contributed by atoms with E-state index < -0.39 is 0 Å². The van der Waals surface area contributed by atoms with E-state index in [4.69, 9.17) is 0 Å². The Morgan fingerprint density at radius 2 is 1.73 bits per heavy atom. The molecule has 0 aliphatic carbocycles. The van der Waals surface area contributed by atoms with Crippen LogP contribution in [-0.4, -0.2) is 13.1 Å². The van der Waals surface area contributed by atoms with Crippen LogP contribution in [0.1, 0.15) is 41.0 Å². The van der Waals surface area contributed by atoms with Crippen LogP contribution in [0.15, 0.2) is 0 Å². The van der Waals surface area contributed by atoms with Gasteiger partial charge in [0.25, 0.3) is 0 Å². The lowest BCUT2D eigenvalue weighted by Gasteiger charge is -2.25. The van der Waals surface area contributed by atoms with Gasteiger partial charge in [-0.3, -0.25) is 0 Å². The van der Waals surface area contributed by atoms with E-state index in [9.17, 15) is 0 Å². The summed E-state index contributed by atoms with van der Waals surface area (Å²) >= 11 is 0. The van der Waals surface area contributed by atoms with E-state index in [-0.39, 0.29) is 0 Å². The molecule has 1 heterocycles. The molecule has 1 aliphatic rings. The predicted octanol–water partition coefficient (Wildman–Crippen LogP) is 2.67. The van der Waals surface area contributed by atoms with E-state index in [0.717, 1.165) is 5.92 Å². The fraction of sp³-hybridized carbons (Fsp3) is 1.00. The Bertz CT molecular complexity index is 85.5. The second-order valence-corrected chi connectivity index (χ2v) is 4.06. The molecule has 11 heavy (non-hydrogen) atoms. The second kappa shape index (κ2) is 4.76. The topological polar surface area (TPSA) is 12.0 Å². The Kier molecular flexibility index (Phi) is 4.74. The van der Waals surface area contributed by atoms with Gasteiger partial charge in [-0.2, -0.15) is 0 Å². The lowest BCUT2D eigenvalue weighted by atomic mass is 9.80. The SMILES string of the molecule is CC.CC(C)(C)C1CCNC1. The van der Waals surface area contributed by atoms with Crippen LogP contribution >= 0.6 is 0 Å². The molecule has 0 amide bonds. The third-order valence-electron chi connectivity index (χ3n) is 2.29. The summed E-state index contributed by atoms with van der Waals surface area (Å²) in [6, 6.07) is 0.